The minimum atomic E-state index is -1.20. The summed E-state index contributed by atoms with van der Waals surface area (Å²) >= 11 is 5.32. The van der Waals surface area contributed by atoms with Crippen LogP contribution < -0.4 is 11.5 Å². The topological polar surface area (TPSA) is 201 Å². The molecule has 0 fully saturated rings. The van der Waals surface area contributed by atoms with Crippen molar-refractivity contribution >= 4 is 103 Å². The summed E-state index contributed by atoms with van der Waals surface area (Å²) in [6.07, 6.45) is 0. The molecule has 13 heteroatoms. The normalized spacial score (nSPS) is 9.90. The predicted octanol–water partition coefficient (Wildman–Crippen LogP) is 3.14. The SMILES string of the molecule is Nc1c(I)c(C(=O)O)c(I)c(C(=O)O)c1I.Nc1cc(C(=O)O)cc(C(=O)O)c1. The summed E-state index contributed by atoms with van der Waals surface area (Å²) in [5.74, 6) is -4.76. The number of carbonyl (C=O) groups is 4. The van der Waals surface area contributed by atoms with Gasteiger partial charge in [0.15, 0.2) is 0 Å². The summed E-state index contributed by atoms with van der Waals surface area (Å²) in [5.41, 5.74) is 10.9. The van der Waals surface area contributed by atoms with Gasteiger partial charge in [0.25, 0.3) is 0 Å². The number of rotatable bonds is 4. The molecule has 154 valence electrons. The molecular weight excluding hydrogens is 729 g/mol. The highest BCUT2D eigenvalue weighted by molar-refractivity contribution is 14.1. The van der Waals surface area contributed by atoms with Crippen molar-refractivity contribution in [2.45, 2.75) is 0 Å². The molecule has 0 spiro atoms. The molecule has 0 amide bonds. The van der Waals surface area contributed by atoms with Gasteiger partial charge in [0.1, 0.15) is 0 Å². The first kappa shape index (κ1) is 25.1. The van der Waals surface area contributed by atoms with Crippen molar-refractivity contribution in [3.05, 3.63) is 51.2 Å². The Morgan fingerprint density at radius 2 is 0.966 bits per heavy atom. The summed E-state index contributed by atoms with van der Waals surface area (Å²) in [5, 5.41) is 35.1. The molecule has 2 aromatic carbocycles. The van der Waals surface area contributed by atoms with Crippen molar-refractivity contribution in [1.82, 2.24) is 0 Å². The second kappa shape index (κ2) is 10.2. The first-order chi connectivity index (χ1) is 13.3. The summed E-state index contributed by atoms with van der Waals surface area (Å²) in [7, 11) is 0. The van der Waals surface area contributed by atoms with Gasteiger partial charge in [-0.3, -0.25) is 0 Å². The lowest BCUT2D eigenvalue weighted by molar-refractivity contribution is 0.0674. The van der Waals surface area contributed by atoms with E-state index in [0.29, 0.717) is 7.14 Å². The maximum atomic E-state index is 11.0. The van der Waals surface area contributed by atoms with Crippen molar-refractivity contribution in [1.29, 1.82) is 0 Å². The minimum Gasteiger partial charge on any atom is -0.478 e. The van der Waals surface area contributed by atoms with Gasteiger partial charge in [-0.15, -0.1) is 0 Å². The lowest BCUT2D eigenvalue weighted by Crippen LogP contribution is -2.14. The van der Waals surface area contributed by atoms with E-state index >= 15 is 0 Å². The van der Waals surface area contributed by atoms with Gasteiger partial charge in [-0.2, -0.15) is 0 Å². The quantitative estimate of drug-likeness (QED) is 0.200. The van der Waals surface area contributed by atoms with Crippen molar-refractivity contribution in [3.63, 3.8) is 0 Å². The predicted molar refractivity (Wildman–Crippen MR) is 128 cm³/mol. The van der Waals surface area contributed by atoms with E-state index in [1.54, 1.807) is 67.8 Å². The van der Waals surface area contributed by atoms with Crippen LogP contribution in [-0.2, 0) is 0 Å². The van der Waals surface area contributed by atoms with Crippen molar-refractivity contribution < 1.29 is 39.6 Å². The van der Waals surface area contributed by atoms with Crippen LogP contribution in [0.1, 0.15) is 41.4 Å². The molecule has 0 atom stereocenters. The number of nitrogen functional groups attached to an aromatic ring is 2. The summed E-state index contributed by atoms with van der Waals surface area (Å²) in [6.45, 7) is 0. The van der Waals surface area contributed by atoms with Crippen LogP contribution in [0.5, 0.6) is 0 Å². The standard InChI is InChI=1S/C8H4I3NO4.C8H7NO4/c9-3-1(7(13)14)4(10)6(12)5(11)2(3)8(15)16;9-6-2-4(7(10)11)1-5(3-6)8(12)13/h12H2,(H,13,14)(H,15,16);1-3H,9H2,(H,10,11)(H,12,13). The lowest BCUT2D eigenvalue weighted by Gasteiger charge is -2.12. The van der Waals surface area contributed by atoms with Gasteiger partial charge in [0.05, 0.1) is 35.1 Å². The average molecular weight is 740 g/mol. The fourth-order valence-corrected chi connectivity index (χ4v) is 6.05. The van der Waals surface area contributed by atoms with Crippen LogP contribution in [0.4, 0.5) is 11.4 Å². The van der Waals surface area contributed by atoms with Crippen LogP contribution in [0.25, 0.3) is 0 Å². The second-order valence-electron chi connectivity index (χ2n) is 5.17. The van der Waals surface area contributed by atoms with Gasteiger partial charge >= 0.3 is 23.9 Å². The van der Waals surface area contributed by atoms with Gasteiger partial charge < -0.3 is 31.9 Å². The lowest BCUT2D eigenvalue weighted by atomic mass is 10.1. The maximum Gasteiger partial charge on any atom is 0.337 e. The van der Waals surface area contributed by atoms with Gasteiger partial charge in [-0.1, -0.05) is 0 Å². The zero-order valence-corrected chi connectivity index (χ0v) is 20.4. The third-order valence-corrected chi connectivity index (χ3v) is 6.55. The highest BCUT2D eigenvalue weighted by atomic mass is 127. The summed E-state index contributed by atoms with van der Waals surface area (Å²) in [4.78, 5) is 43.0. The van der Waals surface area contributed by atoms with Crippen LogP contribution in [0.15, 0.2) is 18.2 Å². The molecule has 0 heterocycles. The molecule has 8 N–H and O–H groups in total. The molecule has 0 aliphatic rings. The third kappa shape index (κ3) is 6.04. The first-order valence-electron chi connectivity index (χ1n) is 7.09. The van der Waals surface area contributed by atoms with E-state index in [4.69, 9.17) is 31.9 Å². The molecule has 0 unspecified atom stereocenters. The molecule has 0 aliphatic heterocycles. The van der Waals surface area contributed by atoms with E-state index in [-0.39, 0.29) is 37.2 Å². The smallest absolute Gasteiger partial charge is 0.337 e. The fourth-order valence-electron chi connectivity index (χ4n) is 1.96. The Morgan fingerprint density at radius 1 is 0.621 bits per heavy atom. The molecule has 0 bridgehead atoms. The van der Waals surface area contributed by atoms with Crippen LogP contribution in [0.2, 0.25) is 0 Å². The number of aromatic carboxylic acids is 4. The number of hydrogen-bond acceptors (Lipinski definition) is 6. The molecule has 2 aromatic rings. The highest BCUT2D eigenvalue weighted by Crippen LogP contribution is 2.33. The molecule has 0 radical (unpaired) electrons. The van der Waals surface area contributed by atoms with Crippen LogP contribution >= 0.6 is 67.8 Å². The van der Waals surface area contributed by atoms with Gasteiger partial charge in [-0.25, -0.2) is 19.2 Å². The molecule has 29 heavy (non-hydrogen) atoms. The van der Waals surface area contributed by atoms with Gasteiger partial charge in [0.2, 0.25) is 0 Å². The Balaban J connectivity index is 0.000000296. The van der Waals surface area contributed by atoms with Gasteiger partial charge in [-0.05, 0) is 86.0 Å². The number of benzene rings is 2. The number of carboxylic acids is 4. The number of nitrogens with two attached hydrogens (primary N) is 2. The Morgan fingerprint density at radius 3 is 1.24 bits per heavy atom. The van der Waals surface area contributed by atoms with E-state index < -0.39 is 23.9 Å². The molecule has 0 aliphatic carbocycles. The summed E-state index contributed by atoms with van der Waals surface area (Å²) < 4.78 is 0.924. The van der Waals surface area contributed by atoms with Crippen molar-refractivity contribution in [2.75, 3.05) is 11.5 Å². The molecule has 2 rings (SSSR count). The van der Waals surface area contributed by atoms with E-state index in [1.165, 1.54) is 12.1 Å². The van der Waals surface area contributed by atoms with E-state index in [2.05, 4.69) is 0 Å². The molecule has 0 aromatic heterocycles. The Hall–Kier alpha value is -1.89. The van der Waals surface area contributed by atoms with E-state index in [9.17, 15) is 19.2 Å². The Labute approximate surface area is 203 Å². The Bertz CT molecular complexity index is 966. The molecular formula is C16H11I3N2O8. The van der Waals surface area contributed by atoms with Crippen LogP contribution in [0, 0.1) is 10.7 Å². The van der Waals surface area contributed by atoms with Crippen molar-refractivity contribution in [2.24, 2.45) is 0 Å². The number of halogens is 3. The third-order valence-electron chi connectivity index (χ3n) is 3.23. The zero-order valence-electron chi connectivity index (χ0n) is 13.9. The fraction of sp³-hybridized carbons (Fsp3) is 0. The van der Waals surface area contributed by atoms with Gasteiger partial charge in [0, 0.05) is 9.26 Å². The van der Waals surface area contributed by atoms with Crippen LogP contribution in [0.3, 0.4) is 0 Å². The monoisotopic (exact) mass is 740 g/mol. The molecule has 0 saturated heterocycles. The molecule has 0 saturated carbocycles. The molecule has 10 nitrogen and oxygen atoms in total. The number of carboxylic acid groups (broad SMARTS) is 4. The highest BCUT2D eigenvalue weighted by Gasteiger charge is 2.26. The van der Waals surface area contributed by atoms with E-state index in [1.807, 2.05) is 0 Å². The number of hydrogen-bond donors (Lipinski definition) is 6. The maximum absolute atomic E-state index is 11.0. The second-order valence-corrected chi connectivity index (χ2v) is 8.41. The minimum absolute atomic E-state index is 0.0588. The number of anilines is 2. The van der Waals surface area contributed by atoms with Crippen molar-refractivity contribution in [3.8, 4) is 0 Å². The van der Waals surface area contributed by atoms with Crippen LogP contribution in [-0.4, -0.2) is 44.3 Å². The Kier molecular flexibility index (Phi) is 8.87. The summed E-state index contributed by atoms with van der Waals surface area (Å²) in [6, 6.07) is 3.46. The van der Waals surface area contributed by atoms with E-state index in [0.717, 1.165) is 6.07 Å². The largest absolute Gasteiger partial charge is 0.478 e. The average Bonchev–Trinajstić information content (AvgIpc) is 2.59. The first-order valence-corrected chi connectivity index (χ1v) is 10.3. The zero-order chi connectivity index (χ0) is 22.6.